The maximum absolute atomic E-state index is 6.02. The molecule has 0 aliphatic heterocycles. The van der Waals surface area contributed by atoms with Crippen LogP contribution in [-0.2, 0) is 0 Å². The van der Waals surface area contributed by atoms with Crippen LogP contribution in [0, 0.1) is 5.92 Å². The summed E-state index contributed by atoms with van der Waals surface area (Å²) in [7, 11) is 0. The Morgan fingerprint density at radius 3 is 2.50 bits per heavy atom. The van der Waals surface area contributed by atoms with Crippen LogP contribution in [0.4, 0.5) is 0 Å². The van der Waals surface area contributed by atoms with Crippen LogP contribution in [0.3, 0.4) is 0 Å². The zero-order valence-electron chi connectivity index (χ0n) is 7.71. The number of aromatic nitrogens is 1. The fraction of sp³-hybridized carbons (Fsp3) is 0.500. The van der Waals surface area contributed by atoms with E-state index in [0.717, 1.165) is 10.6 Å². The second-order valence-corrected chi connectivity index (χ2v) is 3.84. The molecule has 0 aliphatic carbocycles. The lowest BCUT2D eigenvalue weighted by Gasteiger charge is -2.16. The first-order valence-corrected chi connectivity index (χ1v) is 4.60. The van der Waals surface area contributed by atoms with E-state index < -0.39 is 0 Å². The topological polar surface area (TPSA) is 12.9 Å². The summed E-state index contributed by atoms with van der Waals surface area (Å²) in [6.07, 6.45) is 3.58. The van der Waals surface area contributed by atoms with Crippen molar-refractivity contribution in [2.45, 2.75) is 26.7 Å². The molecular weight excluding hydrogens is 170 g/mol. The monoisotopic (exact) mass is 183 g/mol. The van der Waals surface area contributed by atoms with Gasteiger partial charge >= 0.3 is 0 Å². The largest absolute Gasteiger partial charge is 0.264 e. The van der Waals surface area contributed by atoms with Crippen LogP contribution in [0.2, 0.25) is 5.02 Å². The van der Waals surface area contributed by atoms with Crippen LogP contribution in [0.25, 0.3) is 0 Å². The summed E-state index contributed by atoms with van der Waals surface area (Å²) in [4.78, 5) is 4.06. The summed E-state index contributed by atoms with van der Waals surface area (Å²) in [5, 5.41) is 0.825. The van der Waals surface area contributed by atoms with E-state index in [0.29, 0.717) is 11.8 Å². The maximum atomic E-state index is 6.02. The van der Waals surface area contributed by atoms with Crippen molar-refractivity contribution in [3.05, 3.63) is 29.0 Å². The van der Waals surface area contributed by atoms with Crippen LogP contribution >= 0.6 is 11.6 Å². The quantitative estimate of drug-likeness (QED) is 0.684. The van der Waals surface area contributed by atoms with Gasteiger partial charge in [-0.3, -0.25) is 4.98 Å². The predicted molar refractivity (Wildman–Crippen MR) is 52.5 cm³/mol. The minimum absolute atomic E-state index is 0.478. The van der Waals surface area contributed by atoms with Crippen molar-refractivity contribution in [1.29, 1.82) is 0 Å². The molecule has 0 amide bonds. The zero-order chi connectivity index (χ0) is 9.14. The van der Waals surface area contributed by atoms with Crippen molar-refractivity contribution < 1.29 is 0 Å². The number of nitrogens with zero attached hydrogens (tertiary/aromatic N) is 1. The fourth-order valence-electron chi connectivity index (χ4n) is 1.08. The molecule has 0 aromatic carbocycles. The number of rotatable bonds is 2. The molecule has 1 atom stereocenters. The van der Waals surface area contributed by atoms with Crippen molar-refractivity contribution >= 4 is 11.6 Å². The van der Waals surface area contributed by atoms with Crippen LogP contribution in [0.5, 0.6) is 0 Å². The molecule has 0 aliphatic rings. The van der Waals surface area contributed by atoms with Gasteiger partial charge in [-0.15, -0.1) is 0 Å². The molecule has 0 N–H and O–H groups in total. The highest BCUT2D eigenvalue weighted by molar-refractivity contribution is 6.31. The summed E-state index contributed by atoms with van der Waals surface area (Å²) in [5.74, 6) is 1.08. The second kappa shape index (κ2) is 3.90. The van der Waals surface area contributed by atoms with Crippen molar-refractivity contribution in [3.63, 3.8) is 0 Å². The van der Waals surface area contributed by atoms with Gasteiger partial charge in [-0.05, 0) is 23.5 Å². The van der Waals surface area contributed by atoms with E-state index in [1.807, 2.05) is 12.3 Å². The van der Waals surface area contributed by atoms with E-state index in [9.17, 15) is 0 Å². The Hall–Kier alpha value is -0.560. The molecule has 0 fully saturated rings. The van der Waals surface area contributed by atoms with Crippen molar-refractivity contribution in [3.8, 4) is 0 Å². The number of halogens is 1. The second-order valence-electron chi connectivity index (χ2n) is 3.43. The highest BCUT2D eigenvalue weighted by atomic mass is 35.5. The van der Waals surface area contributed by atoms with Gasteiger partial charge in [0.1, 0.15) is 0 Å². The average Bonchev–Trinajstić information content (AvgIpc) is 2.04. The molecule has 1 nitrogen and oxygen atoms in total. The van der Waals surface area contributed by atoms with Crippen LogP contribution in [0.15, 0.2) is 18.5 Å². The van der Waals surface area contributed by atoms with Crippen LogP contribution < -0.4 is 0 Å². The third-order valence-corrected chi connectivity index (χ3v) is 2.63. The Labute approximate surface area is 78.8 Å². The Morgan fingerprint density at radius 1 is 1.33 bits per heavy atom. The van der Waals surface area contributed by atoms with Crippen molar-refractivity contribution in [2.24, 2.45) is 5.92 Å². The van der Waals surface area contributed by atoms with E-state index in [1.54, 1.807) is 6.20 Å². The van der Waals surface area contributed by atoms with E-state index in [2.05, 4.69) is 25.8 Å². The van der Waals surface area contributed by atoms with Crippen molar-refractivity contribution in [2.75, 3.05) is 0 Å². The molecule has 12 heavy (non-hydrogen) atoms. The summed E-state index contributed by atoms with van der Waals surface area (Å²) in [6.45, 7) is 6.55. The molecule has 0 bridgehead atoms. The smallest absolute Gasteiger partial charge is 0.0471 e. The molecule has 0 saturated heterocycles. The van der Waals surface area contributed by atoms with E-state index in [4.69, 9.17) is 11.6 Å². The molecule has 66 valence electrons. The molecule has 1 heterocycles. The summed E-state index contributed by atoms with van der Waals surface area (Å²) in [6, 6.07) is 1.84. The van der Waals surface area contributed by atoms with Gasteiger partial charge in [-0.2, -0.15) is 0 Å². The van der Waals surface area contributed by atoms with E-state index in [1.165, 1.54) is 0 Å². The van der Waals surface area contributed by atoms with Crippen LogP contribution in [-0.4, -0.2) is 4.98 Å². The summed E-state index contributed by atoms with van der Waals surface area (Å²) in [5.41, 5.74) is 1.15. The van der Waals surface area contributed by atoms with Gasteiger partial charge < -0.3 is 0 Å². The Bertz CT molecular complexity index is 258. The third-order valence-electron chi connectivity index (χ3n) is 2.29. The first-order chi connectivity index (χ1) is 5.63. The Morgan fingerprint density at radius 2 is 2.00 bits per heavy atom. The molecule has 1 rings (SSSR count). The zero-order valence-corrected chi connectivity index (χ0v) is 8.47. The fourth-order valence-corrected chi connectivity index (χ4v) is 1.36. The maximum Gasteiger partial charge on any atom is 0.0471 e. The molecule has 2 heteroatoms. The SMILES string of the molecule is CC(C)C(C)c1cnccc1Cl. The Balaban J connectivity index is 2.94. The average molecular weight is 184 g/mol. The highest BCUT2D eigenvalue weighted by Gasteiger charge is 2.12. The first kappa shape index (κ1) is 9.53. The Kier molecular flexibility index (Phi) is 3.10. The lowest BCUT2D eigenvalue weighted by atomic mass is 9.91. The van der Waals surface area contributed by atoms with Gasteiger partial charge in [-0.25, -0.2) is 0 Å². The molecule has 1 aromatic rings. The first-order valence-electron chi connectivity index (χ1n) is 4.22. The highest BCUT2D eigenvalue weighted by Crippen LogP contribution is 2.28. The standard InChI is InChI=1S/C10H14ClN/c1-7(2)8(3)9-6-12-5-4-10(9)11/h4-8H,1-3H3. The van der Waals surface area contributed by atoms with Gasteiger partial charge in [-0.1, -0.05) is 32.4 Å². The minimum atomic E-state index is 0.478. The molecule has 0 spiro atoms. The summed E-state index contributed by atoms with van der Waals surface area (Å²) < 4.78 is 0. The number of hydrogen-bond acceptors (Lipinski definition) is 1. The lowest BCUT2D eigenvalue weighted by Crippen LogP contribution is -2.02. The number of hydrogen-bond donors (Lipinski definition) is 0. The van der Waals surface area contributed by atoms with E-state index in [-0.39, 0.29) is 0 Å². The molecular formula is C10H14ClN. The lowest BCUT2D eigenvalue weighted by molar-refractivity contribution is 0.534. The predicted octanol–water partition coefficient (Wildman–Crippen LogP) is 3.49. The minimum Gasteiger partial charge on any atom is -0.264 e. The van der Waals surface area contributed by atoms with Gasteiger partial charge in [0.25, 0.3) is 0 Å². The normalized spacial score (nSPS) is 13.4. The van der Waals surface area contributed by atoms with Crippen molar-refractivity contribution in [1.82, 2.24) is 4.98 Å². The van der Waals surface area contributed by atoms with Gasteiger partial charge in [0.05, 0.1) is 0 Å². The van der Waals surface area contributed by atoms with Gasteiger partial charge in [0.15, 0.2) is 0 Å². The molecule has 0 saturated carbocycles. The molecule has 1 unspecified atom stereocenters. The molecule has 0 radical (unpaired) electrons. The van der Waals surface area contributed by atoms with E-state index >= 15 is 0 Å². The molecule has 1 aromatic heterocycles. The number of pyridine rings is 1. The summed E-state index contributed by atoms with van der Waals surface area (Å²) >= 11 is 6.02. The third kappa shape index (κ3) is 1.98. The van der Waals surface area contributed by atoms with Gasteiger partial charge in [0, 0.05) is 17.4 Å². The van der Waals surface area contributed by atoms with Gasteiger partial charge in [0.2, 0.25) is 0 Å². The van der Waals surface area contributed by atoms with Crippen LogP contribution in [0.1, 0.15) is 32.3 Å².